The quantitative estimate of drug-likeness (QED) is 0.578. The molecule has 2 aliphatic heterocycles. The lowest BCUT2D eigenvalue weighted by molar-refractivity contribution is -0.137. The fourth-order valence-electron chi connectivity index (χ4n) is 4.83. The molecule has 0 saturated carbocycles. The highest BCUT2D eigenvalue weighted by Gasteiger charge is 2.37. The summed E-state index contributed by atoms with van der Waals surface area (Å²) in [6, 6.07) is 7.11. The number of carbonyl (C=O) groups is 2. The molecule has 0 unspecified atom stereocenters. The van der Waals surface area contributed by atoms with E-state index in [0.29, 0.717) is 12.1 Å². The van der Waals surface area contributed by atoms with Crippen LogP contribution >= 0.6 is 0 Å². The van der Waals surface area contributed by atoms with Gasteiger partial charge in [0.05, 0.1) is 34.4 Å². The Morgan fingerprint density at radius 1 is 1.08 bits per heavy atom. The monoisotopic (exact) mass is 539 g/mol. The molecular formula is C25H28F3N3O5S. The molecule has 1 fully saturated rings. The van der Waals surface area contributed by atoms with Crippen molar-refractivity contribution in [1.82, 2.24) is 0 Å². The Labute approximate surface area is 213 Å². The van der Waals surface area contributed by atoms with E-state index >= 15 is 0 Å². The van der Waals surface area contributed by atoms with Crippen LogP contribution in [0.1, 0.15) is 39.2 Å². The summed E-state index contributed by atoms with van der Waals surface area (Å²) in [6.07, 6.45) is -5.43. The summed E-state index contributed by atoms with van der Waals surface area (Å²) >= 11 is 0. The van der Waals surface area contributed by atoms with Gasteiger partial charge in [-0.05, 0) is 60.7 Å². The Balaban J connectivity index is 1.87. The first-order chi connectivity index (χ1) is 17.2. The summed E-state index contributed by atoms with van der Waals surface area (Å²) in [6.45, 7) is 5.60. The van der Waals surface area contributed by atoms with Gasteiger partial charge < -0.3 is 10.0 Å². The van der Waals surface area contributed by atoms with Gasteiger partial charge in [0.1, 0.15) is 0 Å². The lowest BCUT2D eigenvalue weighted by atomic mass is 9.98. The predicted molar refractivity (Wildman–Crippen MR) is 134 cm³/mol. The highest BCUT2D eigenvalue weighted by molar-refractivity contribution is 7.93. The molecule has 1 atom stereocenters. The van der Waals surface area contributed by atoms with E-state index in [4.69, 9.17) is 0 Å². The molecule has 2 aromatic rings. The summed E-state index contributed by atoms with van der Waals surface area (Å²) < 4.78 is 67.1. The molecule has 0 radical (unpaired) electrons. The van der Waals surface area contributed by atoms with Crippen molar-refractivity contribution in [2.45, 2.75) is 45.8 Å². The second-order valence-electron chi connectivity index (χ2n) is 9.82. The highest BCUT2D eigenvalue weighted by atomic mass is 32.2. The van der Waals surface area contributed by atoms with E-state index in [1.807, 2.05) is 13.8 Å². The molecule has 8 nitrogen and oxygen atoms in total. The number of halogens is 3. The van der Waals surface area contributed by atoms with E-state index < -0.39 is 33.9 Å². The molecule has 37 heavy (non-hydrogen) atoms. The zero-order chi connectivity index (χ0) is 27.3. The number of carbonyl (C=O) groups excluding carboxylic acids is 1. The molecule has 2 heterocycles. The standard InChI is InChI=1S/C25H28F3N3O5S/c1-15(2)9-23(32)31-16(3)14-29(24(33)34)22-12-17(5-6-21(22)31)18-10-19(25(26,27)28)13-20(11-18)30-7-4-8-37(30,35)36/h5-6,10-13,15-16H,4,7-9,14H2,1-3H3,(H,33,34)/t16-/m0/s1. The van der Waals surface area contributed by atoms with Gasteiger partial charge in [0.15, 0.2) is 0 Å². The van der Waals surface area contributed by atoms with Gasteiger partial charge in [-0.3, -0.25) is 14.0 Å². The second-order valence-corrected chi connectivity index (χ2v) is 11.8. The maximum Gasteiger partial charge on any atom is 0.416 e. The van der Waals surface area contributed by atoms with Gasteiger partial charge in [0, 0.05) is 19.5 Å². The Kier molecular flexibility index (Phi) is 6.91. The minimum atomic E-state index is -4.73. The van der Waals surface area contributed by atoms with Crippen LogP contribution in [-0.4, -0.2) is 50.4 Å². The molecule has 12 heteroatoms. The molecule has 4 rings (SSSR count). The third-order valence-electron chi connectivity index (χ3n) is 6.46. The molecule has 0 aliphatic carbocycles. The van der Waals surface area contributed by atoms with Crippen molar-refractivity contribution in [3.8, 4) is 11.1 Å². The van der Waals surface area contributed by atoms with Gasteiger partial charge in [-0.25, -0.2) is 13.2 Å². The third-order valence-corrected chi connectivity index (χ3v) is 8.33. The van der Waals surface area contributed by atoms with Gasteiger partial charge in [-0.15, -0.1) is 0 Å². The van der Waals surface area contributed by atoms with Crippen molar-refractivity contribution < 1.29 is 36.3 Å². The average molecular weight is 540 g/mol. The first-order valence-electron chi connectivity index (χ1n) is 11.9. The van der Waals surface area contributed by atoms with Crippen LogP contribution in [0, 0.1) is 5.92 Å². The summed E-state index contributed by atoms with van der Waals surface area (Å²) in [5, 5.41) is 9.83. The Morgan fingerprint density at radius 2 is 1.78 bits per heavy atom. The smallest absolute Gasteiger partial charge is 0.416 e. The first kappa shape index (κ1) is 26.8. The van der Waals surface area contributed by atoms with Crippen LogP contribution in [0.15, 0.2) is 36.4 Å². The van der Waals surface area contributed by atoms with Crippen LogP contribution in [0.25, 0.3) is 11.1 Å². The first-order valence-corrected chi connectivity index (χ1v) is 13.5. The number of nitrogens with zero attached hydrogens (tertiary/aromatic N) is 3. The predicted octanol–water partition coefficient (Wildman–Crippen LogP) is 5.18. The lowest BCUT2D eigenvalue weighted by Gasteiger charge is -2.40. The maximum absolute atomic E-state index is 13.8. The van der Waals surface area contributed by atoms with E-state index in [2.05, 4.69) is 0 Å². The number of benzene rings is 2. The van der Waals surface area contributed by atoms with Gasteiger partial charge in [-0.2, -0.15) is 13.2 Å². The number of carboxylic acid groups (broad SMARTS) is 1. The van der Waals surface area contributed by atoms with E-state index in [1.54, 1.807) is 6.92 Å². The van der Waals surface area contributed by atoms with Gasteiger partial charge in [-0.1, -0.05) is 19.9 Å². The number of alkyl halides is 3. The molecule has 1 N–H and O–H groups in total. The van der Waals surface area contributed by atoms with Gasteiger partial charge in [0.2, 0.25) is 15.9 Å². The largest absolute Gasteiger partial charge is 0.465 e. The number of hydrogen-bond donors (Lipinski definition) is 1. The topological polar surface area (TPSA) is 98.2 Å². The van der Waals surface area contributed by atoms with E-state index in [1.165, 1.54) is 29.2 Å². The average Bonchev–Trinajstić information content (AvgIpc) is 3.15. The number of amides is 2. The van der Waals surface area contributed by atoms with Crippen molar-refractivity contribution in [2.24, 2.45) is 5.92 Å². The number of anilines is 3. The zero-order valence-corrected chi connectivity index (χ0v) is 21.4. The van der Waals surface area contributed by atoms with Crippen LogP contribution in [-0.2, 0) is 21.0 Å². The summed E-state index contributed by atoms with van der Waals surface area (Å²) in [4.78, 5) is 27.6. The normalized spacial score (nSPS) is 19.3. The molecule has 1 saturated heterocycles. The van der Waals surface area contributed by atoms with Crippen LogP contribution in [0.5, 0.6) is 0 Å². The Hall–Kier alpha value is -3.28. The van der Waals surface area contributed by atoms with Crippen LogP contribution < -0.4 is 14.1 Å². The van der Waals surface area contributed by atoms with E-state index in [9.17, 15) is 36.3 Å². The lowest BCUT2D eigenvalue weighted by Crippen LogP contribution is -2.51. The second kappa shape index (κ2) is 9.55. The summed E-state index contributed by atoms with van der Waals surface area (Å²) in [5.41, 5.74) is -0.244. The zero-order valence-electron chi connectivity index (χ0n) is 20.6. The van der Waals surface area contributed by atoms with Crippen molar-refractivity contribution in [1.29, 1.82) is 0 Å². The molecule has 2 aliphatic rings. The van der Waals surface area contributed by atoms with Crippen molar-refractivity contribution in [3.63, 3.8) is 0 Å². The summed E-state index contributed by atoms with van der Waals surface area (Å²) in [7, 11) is -3.73. The SMILES string of the molecule is CC(C)CC(=O)N1c2ccc(-c3cc(N4CCCS4(=O)=O)cc(C(F)(F)F)c3)cc2N(C(=O)O)C[C@@H]1C. The molecular weight excluding hydrogens is 511 g/mol. The van der Waals surface area contributed by atoms with Crippen molar-refractivity contribution in [3.05, 3.63) is 42.0 Å². The van der Waals surface area contributed by atoms with Gasteiger partial charge >= 0.3 is 12.3 Å². The number of rotatable bonds is 4. The third kappa shape index (κ3) is 5.25. The summed E-state index contributed by atoms with van der Waals surface area (Å²) in [5.74, 6) is -0.254. The molecule has 2 aromatic carbocycles. The van der Waals surface area contributed by atoms with Crippen LogP contribution in [0.3, 0.4) is 0 Å². The van der Waals surface area contributed by atoms with Crippen LogP contribution in [0.2, 0.25) is 0 Å². The molecule has 0 bridgehead atoms. The minimum absolute atomic E-state index is 0.00448. The van der Waals surface area contributed by atoms with Crippen molar-refractivity contribution in [2.75, 3.05) is 32.9 Å². The minimum Gasteiger partial charge on any atom is -0.465 e. The van der Waals surface area contributed by atoms with E-state index in [-0.39, 0.29) is 59.6 Å². The number of fused-ring (bicyclic) bond motifs is 1. The van der Waals surface area contributed by atoms with E-state index in [0.717, 1.165) is 21.3 Å². The van der Waals surface area contributed by atoms with Crippen molar-refractivity contribution >= 4 is 39.1 Å². The Morgan fingerprint density at radius 3 is 2.35 bits per heavy atom. The Bertz CT molecular complexity index is 1340. The van der Waals surface area contributed by atoms with Gasteiger partial charge in [0.25, 0.3) is 0 Å². The number of hydrogen-bond acceptors (Lipinski definition) is 4. The number of sulfonamides is 1. The molecule has 0 aromatic heterocycles. The fraction of sp³-hybridized carbons (Fsp3) is 0.440. The molecule has 2 amide bonds. The fourth-order valence-corrected chi connectivity index (χ4v) is 6.38. The molecule has 0 spiro atoms. The highest BCUT2D eigenvalue weighted by Crippen LogP contribution is 2.42. The maximum atomic E-state index is 13.8. The molecule has 200 valence electrons. The van der Waals surface area contributed by atoms with Crippen LogP contribution in [0.4, 0.5) is 35.0 Å².